The summed E-state index contributed by atoms with van der Waals surface area (Å²) in [4.78, 5) is 28.7. The van der Waals surface area contributed by atoms with Crippen molar-refractivity contribution in [3.05, 3.63) is 26.8 Å². The smallest absolute Gasteiger partial charge is 0.328 e. The first-order valence-corrected chi connectivity index (χ1v) is 7.43. The summed E-state index contributed by atoms with van der Waals surface area (Å²) in [7, 11) is 1.33. The molecule has 1 rings (SSSR count). The quantitative estimate of drug-likeness (QED) is 0.770. The monoisotopic (exact) mass is 344 g/mol. The van der Waals surface area contributed by atoms with Gasteiger partial charge in [0.25, 0.3) is 5.56 Å². The van der Waals surface area contributed by atoms with Crippen LogP contribution in [0.1, 0.15) is 51.8 Å². The third-order valence-corrected chi connectivity index (χ3v) is 3.36. The zero-order chi connectivity index (χ0) is 15.4. The van der Waals surface area contributed by atoms with E-state index in [-0.39, 0.29) is 17.4 Å². The van der Waals surface area contributed by atoms with Crippen LogP contribution in [0, 0.1) is 5.92 Å². The second-order valence-corrected chi connectivity index (χ2v) is 6.30. The molecule has 0 N–H and O–H groups in total. The van der Waals surface area contributed by atoms with Crippen molar-refractivity contribution in [3.8, 4) is 0 Å². The van der Waals surface area contributed by atoms with Crippen LogP contribution >= 0.6 is 15.9 Å². The zero-order valence-corrected chi connectivity index (χ0v) is 14.1. The Morgan fingerprint density at radius 2 is 2.00 bits per heavy atom. The lowest BCUT2D eigenvalue weighted by Gasteiger charge is -2.20. The number of aromatic nitrogens is 2. The Hall–Kier alpha value is -1.17. The lowest BCUT2D eigenvalue weighted by molar-refractivity contribution is -0.145. The molecule has 1 aromatic rings. The summed E-state index contributed by atoms with van der Waals surface area (Å²) < 4.78 is 6.80. The van der Waals surface area contributed by atoms with Gasteiger partial charge < -0.3 is 4.74 Å². The molecule has 5 nitrogen and oxygen atoms in total. The van der Waals surface area contributed by atoms with Gasteiger partial charge in [0, 0.05) is 12.1 Å². The Labute approximate surface area is 127 Å². The normalized spacial score (nSPS) is 12.8. The predicted octanol–water partition coefficient (Wildman–Crippen LogP) is 2.89. The van der Waals surface area contributed by atoms with Gasteiger partial charge in [-0.25, -0.2) is 9.78 Å². The number of carbonyl (C=O) groups is 1. The van der Waals surface area contributed by atoms with E-state index >= 15 is 0 Å². The zero-order valence-electron chi connectivity index (χ0n) is 12.5. The number of hydrogen-bond donors (Lipinski definition) is 0. The molecule has 0 aliphatic carbocycles. The standard InChI is InChI=1S/C14H21BrN2O3/c1-8(2)6-10(14(19)20-5)17-7-11(15)16-12(9(3)4)13(17)18/h7-10H,6H2,1-5H3/t10-/m0/s1. The number of halogens is 1. The van der Waals surface area contributed by atoms with Gasteiger partial charge in [0.1, 0.15) is 16.3 Å². The molecule has 0 saturated heterocycles. The summed E-state index contributed by atoms with van der Waals surface area (Å²) in [6, 6.07) is -0.621. The average molecular weight is 345 g/mol. The number of nitrogens with zero attached hydrogens (tertiary/aromatic N) is 2. The van der Waals surface area contributed by atoms with Crippen molar-refractivity contribution < 1.29 is 9.53 Å². The van der Waals surface area contributed by atoms with Crippen molar-refractivity contribution in [1.29, 1.82) is 0 Å². The molecule has 0 unspecified atom stereocenters. The van der Waals surface area contributed by atoms with Crippen molar-refractivity contribution >= 4 is 21.9 Å². The number of methoxy groups -OCH3 is 1. The van der Waals surface area contributed by atoms with Gasteiger partial charge in [0.2, 0.25) is 0 Å². The molecule has 0 aliphatic heterocycles. The number of esters is 1. The third-order valence-electron chi connectivity index (χ3n) is 2.98. The molecule has 0 amide bonds. The summed E-state index contributed by atoms with van der Waals surface area (Å²) in [6.07, 6.45) is 2.10. The highest BCUT2D eigenvalue weighted by molar-refractivity contribution is 9.10. The molecule has 112 valence electrons. The minimum absolute atomic E-state index is 0.0106. The molecule has 1 heterocycles. The van der Waals surface area contributed by atoms with Crippen LogP contribution in [0.4, 0.5) is 0 Å². The number of hydrogen-bond acceptors (Lipinski definition) is 4. The number of ether oxygens (including phenoxy) is 1. The maximum Gasteiger partial charge on any atom is 0.328 e. The largest absolute Gasteiger partial charge is 0.467 e. The molecule has 0 bridgehead atoms. The molecule has 1 aromatic heterocycles. The molecule has 0 aromatic carbocycles. The maximum absolute atomic E-state index is 12.5. The van der Waals surface area contributed by atoms with Crippen molar-refractivity contribution in [1.82, 2.24) is 9.55 Å². The Balaban J connectivity index is 3.40. The van der Waals surface area contributed by atoms with Gasteiger partial charge >= 0.3 is 5.97 Å². The van der Waals surface area contributed by atoms with Crippen LogP contribution < -0.4 is 5.56 Å². The minimum Gasteiger partial charge on any atom is -0.467 e. The second kappa shape index (κ2) is 7.02. The van der Waals surface area contributed by atoms with Crippen LogP contribution in [0.2, 0.25) is 0 Å². The highest BCUT2D eigenvalue weighted by atomic mass is 79.9. The van der Waals surface area contributed by atoms with Crippen LogP contribution in [0.5, 0.6) is 0 Å². The van der Waals surface area contributed by atoms with Gasteiger partial charge in [0.05, 0.1) is 7.11 Å². The van der Waals surface area contributed by atoms with Gasteiger partial charge in [-0.05, 0) is 28.3 Å². The fourth-order valence-electron chi connectivity index (χ4n) is 2.01. The molecule has 0 spiro atoms. The molecule has 0 fully saturated rings. The van der Waals surface area contributed by atoms with Crippen LogP contribution in [-0.4, -0.2) is 22.6 Å². The molecule has 0 aliphatic rings. The summed E-state index contributed by atoms with van der Waals surface area (Å²) in [5.41, 5.74) is 0.205. The van der Waals surface area contributed by atoms with Gasteiger partial charge in [-0.1, -0.05) is 27.7 Å². The average Bonchev–Trinajstić information content (AvgIpc) is 2.37. The van der Waals surface area contributed by atoms with Gasteiger partial charge in [-0.3, -0.25) is 9.36 Å². The van der Waals surface area contributed by atoms with E-state index in [0.717, 1.165) is 0 Å². The Kier molecular flexibility index (Phi) is 5.92. The highest BCUT2D eigenvalue weighted by Gasteiger charge is 2.25. The van der Waals surface area contributed by atoms with Crippen LogP contribution in [0.3, 0.4) is 0 Å². The van der Waals surface area contributed by atoms with Crippen molar-refractivity contribution in [2.75, 3.05) is 7.11 Å². The van der Waals surface area contributed by atoms with Crippen molar-refractivity contribution in [2.24, 2.45) is 5.92 Å². The molecular weight excluding hydrogens is 324 g/mol. The molecule has 1 atom stereocenters. The second-order valence-electron chi connectivity index (χ2n) is 5.48. The van der Waals surface area contributed by atoms with Gasteiger partial charge in [-0.2, -0.15) is 0 Å². The first kappa shape index (κ1) is 16.9. The minimum atomic E-state index is -0.621. The Morgan fingerprint density at radius 3 is 2.45 bits per heavy atom. The number of carbonyl (C=O) groups excluding carboxylic acids is 1. The van der Waals surface area contributed by atoms with E-state index in [2.05, 4.69) is 20.9 Å². The van der Waals surface area contributed by atoms with Gasteiger partial charge in [0.15, 0.2) is 0 Å². The molecule has 0 radical (unpaired) electrons. The summed E-state index contributed by atoms with van der Waals surface area (Å²) in [5, 5.41) is 0. The van der Waals surface area contributed by atoms with Crippen LogP contribution in [0.25, 0.3) is 0 Å². The van der Waals surface area contributed by atoms with Gasteiger partial charge in [-0.15, -0.1) is 0 Å². The van der Waals surface area contributed by atoms with Crippen LogP contribution in [-0.2, 0) is 9.53 Å². The Bertz CT molecular complexity index is 538. The van der Waals surface area contributed by atoms with E-state index in [1.165, 1.54) is 11.7 Å². The summed E-state index contributed by atoms with van der Waals surface area (Å²) in [5.74, 6) is -0.155. The predicted molar refractivity (Wildman–Crippen MR) is 80.8 cm³/mol. The Morgan fingerprint density at radius 1 is 1.40 bits per heavy atom. The first-order valence-electron chi connectivity index (χ1n) is 6.64. The SMILES string of the molecule is COC(=O)[C@H](CC(C)C)n1cc(Br)nc(C(C)C)c1=O. The summed E-state index contributed by atoms with van der Waals surface area (Å²) in [6.45, 7) is 7.80. The number of rotatable bonds is 5. The molecule has 20 heavy (non-hydrogen) atoms. The first-order chi connectivity index (χ1) is 9.27. The molecular formula is C14H21BrN2O3. The highest BCUT2D eigenvalue weighted by Crippen LogP contribution is 2.20. The summed E-state index contributed by atoms with van der Waals surface area (Å²) >= 11 is 3.30. The van der Waals surface area contributed by atoms with E-state index < -0.39 is 12.0 Å². The van der Waals surface area contributed by atoms with E-state index in [4.69, 9.17) is 4.74 Å². The maximum atomic E-state index is 12.5. The fraction of sp³-hybridized carbons (Fsp3) is 0.643. The lowest BCUT2D eigenvalue weighted by atomic mass is 10.0. The third kappa shape index (κ3) is 3.91. The molecule has 0 saturated carbocycles. The van der Waals surface area contributed by atoms with E-state index in [9.17, 15) is 9.59 Å². The lowest BCUT2D eigenvalue weighted by Crippen LogP contribution is -2.34. The van der Waals surface area contributed by atoms with Crippen molar-refractivity contribution in [3.63, 3.8) is 0 Å². The molecule has 6 heteroatoms. The van der Waals surface area contributed by atoms with Crippen LogP contribution in [0.15, 0.2) is 15.6 Å². The topological polar surface area (TPSA) is 61.2 Å². The van der Waals surface area contributed by atoms with E-state index in [1.807, 2.05) is 27.7 Å². The van der Waals surface area contributed by atoms with E-state index in [0.29, 0.717) is 16.7 Å². The fourth-order valence-corrected chi connectivity index (χ4v) is 2.42. The van der Waals surface area contributed by atoms with Crippen molar-refractivity contribution in [2.45, 2.75) is 46.1 Å². The van der Waals surface area contributed by atoms with E-state index in [1.54, 1.807) is 6.20 Å².